The van der Waals surface area contributed by atoms with Crippen LogP contribution in [0.25, 0.3) is 0 Å². The van der Waals surface area contributed by atoms with Gasteiger partial charge in [0.05, 0.1) is 4.75 Å². The third kappa shape index (κ3) is 2.69. The van der Waals surface area contributed by atoms with E-state index in [2.05, 4.69) is 16.5 Å². The van der Waals surface area contributed by atoms with Crippen LogP contribution >= 0.6 is 12.9 Å². The minimum absolute atomic E-state index is 0.318. The van der Waals surface area contributed by atoms with E-state index in [1.807, 2.05) is 20.8 Å². The van der Waals surface area contributed by atoms with Crippen molar-refractivity contribution in [3.8, 4) is 0 Å². The molecule has 0 fully saturated rings. The summed E-state index contributed by atoms with van der Waals surface area (Å²) in [6.45, 7) is 5.46. The van der Waals surface area contributed by atoms with Gasteiger partial charge in [0.15, 0.2) is 11.1 Å². The minimum atomic E-state index is -1.28. The lowest BCUT2D eigenvalue weighted by Crippen LogP contribution is -2.21. The van der Waals surface area contributed by atoms with Gasteiger partial charge < -0.3 is 0 Å². The second-order valence-electron chi connectivity index (χ2n) is 2.42. The fraction of sp³-hybridized carbons (Fsp3) is 1.00. The van der Waals surface area contributed by atoms with Gasteiger partial charge in [-0.15, -0.1) is 0 Å². The molecule has 0 saturated carbocycles. The molecular formula is C4H10O2S2. The summed E-state index contributed by atoms with van der Waals surface area (Å²) in [5.41, 5.74) is 0. The van der Waals surface area contributed by atoms with Crippen molar-refractivity contribution >= 4 is 24.0 Å². The summed E-state index contributed by atoms with van der Waals surface area (Å²) in [5.74, 6) is 0. The first-order chi connectivity index (χ1) is 3.48. The third-order valence-corrected chi connectivity index (χ3v) is 2.11. The van der Waals surface area contributed by atoms with Crippen LogP contribution in [0.2, 0.25) is 0 Å². The van der Waals surface area contributed by atoms with Crippen molar-refractivity contribution in [2.45, 2.75) is 25.5 Å². The van der Waals surface area contributed by atoms with Crippen LogP contribution in [-0.2, 0) is 14.7 Å². The number of hydrogen-bond donors (Lipinski definition) is 1. The van der Waals surface area contributed by atoms with Crippen LogP contribution < -0.4 is 0 Å². The van der Waals surface area contributed by atoms with E-state index in [1.165, 1.54) is 0 Å². The maximum Gasteiger partial charge on any atom is 0.172 e. The average molecular weight is 154 g/mol. The predicted molar refractivity (Wildman–Crippen MR) is 38.0 cm³/mol. The molecule has 0 bridgehead atoms. The first kappa shape index (κ1) is 8.46. The summed E-state index contributed by atoms with van der Waals surface area (Å²) >= 11 is 2.13. The lowest BCUT2D eigenvalue weighted by atomic mass is 10.3. The van der Waals surface area contributed by atoms with Crippen molar-refractivity contribution in [3.05, 3.63) is 0 Å². The summed E-state index contributed by atoms with van der Waals surface area (Å²) in [4.78, 5) is 0. The molecule has 0 aromatic heterocycles. The molecule has 2 nitrogen and oxygen atoms in total. The zero-order valence-corrected chi connectivity index (χ0v) is 6.88. The topological polar surface area (TPSA) is 26.3 Å². The molecule has 0 spiro atoms. The van der Waals surface area contributed by atoms with Crippen LogP contribution in [0.15, 0.2) is 0 Å². The molecule has 0 heterocycles. The molecule has 8 heavy (non-hydrogen) atoms. The summed E-state index contributed by atoms with van der Waals surface area (Å²) in [5, 5.41) is 0. The van der Waals surface area contributed by atoms with Gasteiger partial charge in [-0.05, 0) is 33.7 Å². The molecule has 0 saturated heterocycles. The minimum Gasteiger partial charge on any atom is -0.228 e. The van der Waals surface area contributed by atoms with E-state index >= 15 is 0 Å². The molecule has 0 amide bonds. The van der Waals surface area contributed by atoms with Crippen LogP contribution in [0.4, 0.5) is 0 Å². The van der Waals surface area contributed by atoms with E-state index in [4.69, 9.17) is 0 Å². The molecule has 1 atom stereocenters. The largest absolute Gasteiger partial charge is 0.228 e. The van der Waals surface area contributed by atoms with Crippen molar-refractivity contribution in [2.75, 3.05) is 0 Å². The zero-order valence-electron chi connectivity index (χ0n) is 5.17. The van der Waals surface area contributed by atoms with E-state index in [-0.39, 0.29) is 4.75 Å². The first-order valence-electron chi connectivity index (χ1n) is 2.22. The molecular weight excluding hydrogens is 144 g/mol. The third-order valence-electron chi connectivity index (χ3n) is 0.568. The Bertz CT molecular complexity index is 94.7. The van der Waals surface area contributed by atoms with Gasteiger partial charge in [0.2, 0.25) is 0 Å². The van der Waals surface area contributed by atoms with Crippen molar-refractivity contribution in [2.24, 2.45) is 0 Å². The molecule has 0 rings (SSSR count). The van der Waals surface area contributed by atoms with Gasteiger partial charge >= 0.3 is 0 Å². The molecule has 0 aromatic carbocycles. The van der Waals surface area contributed by atoms with E-state index in [0.717, 1.165) is 0 Å². The van der Waals surface area contributed by atoms with E-state index < -0.39 is 11.1 Å². The van der Waals surface area contributed by atoms with Crippen molar-refractivity contribution in [1.29, 1.82) is 0 Å². The molecule has 4 heteroatoms. The standard InChI is InChI=1S/C4H10O2S2/c1-4(2,3)8(5)6-7/h7H,1-3H3. The lowest BCUT2D eigenvalue weighted by molar-refractivity contribution is 0.573. The zero-order chi connectivity index (χ0) is 6.78. The summed E-state index contributed by atoms with van der Waals surface area (Å²) < 4.78 is 14.6. The fourth-order valence-electron chi connectivity index (χ4n) is 0.112. The molecule has 1 unspecified atom stereocenters. The van der Waals surface area contributed by atoms with Gasteiger partial charge in [-0.25, -0.2) is 7.84 Å². The monoisotopic (exact) mass is 154 g/mol. The highest BCUT2D eigenvalue weighted by Gasteiger charge is 2.19. The molecule has 0 aliphatic rings. The Hall–Kier alpha value is 0.460. The number of thiol groups is 1. The van der Waals surface area contributed by atoms with Crippen LogP contribution in [0.5, 0.6) is 0 Å². The maximum absolute atomic E-state index is 10.6. The van der Waals surface area contributed by atoms with Crippen molar-refractivity contribution in [1.82, 2.24) is 0 Å². The van der Waals surface area contributed by atoms with Crippen LogP contribution in [0, 0.1) is 0 Å². The maximum atomic E-state index is 10.6. The van der Waals surface area contributed by atoms with Crippen LogP contribution in [0.3, 0.4) is 0 Å². The SMILES string of the molecule is CC(C)(C)S(=O)OS. The van der Waals surface area contributed by atoms with E-state index in [9.17, 15) is 4.21 Å². The van der Waals surface area contributed by atoms with Gasteiger partial charge in [0.25, 0.3) is 0 Å². The summed E-state index contributed by atoms with van der Waals surface area (Å²) in [7, 11) is 0. The Balaban J connectivity index is 3.82. The van der Waals surface area contributed by atoms with Crippen LogP contribution in [-0.4, -0.2) is 8.96 Å². The van der Waals surface area contributed by atoms with E-state index in [0.29, 0.717) is 0 Å². The van der Waals surface area contributed by atoms with Gasteiger partial charge in [-0.1, -0.05) is 0 Å². The Morgan fingerprint density at radius 1 is 1.50 bits per heavy atom. The number of rotatable bonds is 1. The van der Waals surface area contributed by atoms with E-state index in [1.54, 1.807) is 0 Å². The molecule has 0 aromatic rings. The summed E-state index contributed by atoms with van der Waals surface area (Å²) in [6, 6.07) is 0. The smallest absolute Gasteiger partial charge is 0.172 e. The summed E-state index contributed by atoms with van der Waals surface area (Å²) in [6.07, 6.45) is 0. The predicted octanol–water partition coefficient (Wildman–Crippen LogP) is 1.31. The molecule has 0 N–H and O–H groups in total. The fourth-order valence-corrected chi connectivity index (χ4v) is 1.01. The first-order valence-corrected chi connectivity index (χ1v) is 3.66. The molecule has 0 aliphatic heterocycles. The second-order valence-corrected chi connectivity index (χ2v) is 4.71. The van der Waals surface area contributed by atoms with Crippen molar-refractivity contribution in [3.63, 3.8) is 0 Å². The lowest BCUT2D eigenvalue weighted by Gasteiger charge is -2.12. The Kier molecular flexibility index (Phi) is 3.01. The quantitative estimate of drug-likeness (QED) is 0.455. The second kappa shape index (κ2) is 2.85. The number of hydrogen-bond acceptors (Lipinski definition) is 3. The molecule has 0 radical (unpaired) electrons. The van der Waals surface area contributed by atoms with Gasteiger partial charge in [-0.3, -0.25) is 0 Å². The van der Waals surface area contributed by atoms with Gasteiger partial charge in [-0.2, -0.15) is 0 Å². The highest BCUT2D eigenvalue weighted by Crippen LogP contribution is 2.12. The molecule has 50 valence electrons. The van der Waals surface area contributed by atoms with Crippen LogP contribution in [0.1, 0.15) is 20.8 Å². The highest BCUT2D eigenvalue weighted by molar-refractivity contribution is 7.92. The highest BCUT2D eigenvalue weighted by atomic mass is 32.2. The normalized spacial score (nSPS) is 16.0. The Morgan fingerprint density at radius 3 is 1.88 bits per heavy atom. The Labute approximate surface area is 57.9 Å². The molecule has 0 aliphatic carbocycles. The Morgan fingerprint density at radius 2 is 1.88 bits per heavy atom. The van der Waals surface area contributed by atoms with Gasteiger partial charge in [0, 0.05) is 0 Å². The van der Waals surface area contributed by atoms with Crippen molar-refractivity contribution < 1.29 is 7.84 Å². The average Bonchev–Trinajstić information content (AvgIpc) is 1.62. The van der Waals surface area contributed by atoms with Gasteiger partial charge in [0.1, 0.15) is 0 Å².